The topological polar surface area (TPSA) is 6.48 Å². The standard InChI is InChI=1S/2C7H15N.C2H6/c1-7-4-3-5-8(2)6-7;1-7-5-3-4-6-8(7)2;1-2/h2*7H,3-6H2,1-2H3;1-2H3. The second-order valence-corrected chi connectivity index (χ2v) is 5.84. The van der Waals surface area contributed by atoms with Crippen LogP contribution in [-0.2, 0) is 0 Å². The van der Waals surface area contributed by atoms with Gasteiger partial charge >= 0.3 is 0 Å². The molecule has 2 rings (SSSR count). The van der Waals surface area contributed by atoms with E-state index in [-0.39, 0.29) is 0 Å². The highest BCUT2D eigenvalue weighted by molar-refractivity contribution is 4.68. The van der Waals surface area contributed by atoms with Gasteiger partial charge in [-0.05, 0) is 65.7 Å². The molecule has 0 aliphatic carbocycles. The summed E-state index contributed by atoms with van der Waals surface area (Å²) in [5.41, 5.74) is 0. The van der Waals surface area contributed by atoms with Crippen LogP contribution in [0.3, 0.4) is 0 Å². The van der Waals surface area contributed by atoms with Gasteiger partial charge in [-0.15, -0.1) is 0 Å². The molecule has 2 fully saturated rings. The van der Waals surface area contributed by atoms with Crippen molar-refractivity contribution in [1.29, 1.82) is 0 Å². The van der Waals surface area contributed by atoms with Crippen molar-refractivity contribution < 1.29 is 0 Å². The third-order valence-electron chi connectivity index (χ3n) is 4.00. The molecule has 0 radical (unpaired) electrons. The Bertz CT molecular complexity index is 164. The van der Waals surface area contributed by atoms with E-state index in [9.17, 15) is 0 Å². The predicted molar refractivity (Wildman–Crippen MR) is 83.2 cm³/mol. The Labute approximate surface area is 116 Å². The molecule has 0 aromatic carbocycles. The Hall–Kier alpha value is -0.0800. The van der Waals surface area contributed by atoms with Crippen LogP contribution in [0.4, 0.5) is 0 Å². The van der Waals surface area contributed by atoms with Crippen LogP contribution >= 0.6 is 0 Å². The van der Waals surface area contributed by atoms with Crippen LogP contribution < -0.4 is 0 Å². The molecule has 0 spiro atoms. The summed E-state index contributed by atoms with van der Waals surface area (Å²) in [5, 5.41) is 0. The maximum atomic E-state index is 2.43. The van der Waals surface area contributed by atoms with Crippen molar-refractivity contribution in [2.24, 2.45) is 5.92 Å². The lowest BCUT2D eigenvalue weighted by molar-refractivity contribution is 0.200. The highest BCUT2D eigenvalue weighted by Gasteiger charge is 2.12. The molecule has 2 aliphatic rings. The summed E-state index contributed by atoms with van der Waals surface area (Å²) in [6.07, 6.45) is 7.07. The molecule has 0 aromatic heterocycles. The normalized spacial score (nSPS) is 29.7. The van der Waals surface area contributed by atoms with Crippen LogP contribution in [-0.4, -0.2) is 49.6 Å². The van der Waals surface area contributed by atoms with Crippen LogP contribution in [0, 0.1) is 5.92 Å². The first-order valence-corrected chi connectivity index (χ1v) is 7.98. The summed E-state index contributed by atoms with van der Waals surface area (Å²) in [5.74, 6) is 0.939. The summed E-state index contributed by atoms with van der Waals surface area (Å²) in [7, 11) is 4.42. The SMILES string of the molecule is CC.CC1CCCCN1C.CC1CCCN(C)C1. The first kappa shape index (κ1) is 17.9. The molecule has 18 heavy (non-hydrogen) atoms. The first-order valence-electron chi connectivity index (χ1n) is 7.98. The molecule has 0 bridgehead atoms. The van der Waals surface area contributed by atoms with Crippen molar-refractivity contribution in [3.05, 3.63) is 0 Å². The number of hydrogen-bond acceptors (Lipinski definition) is 2. The van der Waals surface area contributed by atoms with Gasteiger partial charge in [0.15, 0.2) is 0 Å². The summed E-state index contributed by atoms with van der Waals surface area (Å²) in [6, 6.07) is 0.837. The van der Waals surface area contributed by atoms with Gasteiger partial charge in [0.1, 0.15) is 0 Å². The Balaban J connectivity index is 0.000000283. The zero-order valence-corrected chi connectivity index (χ0v) is 13.7. The third kappa shape index (κ3) is 8.10. The molecule has 2 aliphatic heterocycles. The second-order valence-electron chi connectivity index (χ2n) is 5.84. The molecule has 0 N–H and O–H groups in total. The zero-order chi connectivity index (χ0) is 14.0. The second kappa shape index (κ2) is 10.8. The van der Waals surface area contributed by atoms with Gasteiger partial charge in [-0.25, -0.2) is 0 Å². The Morgan fingerprint density at radius 3 is 1.83 bits per heavy atom. The predicted octanol–water partition coefficient (Wildman–Crippen LogP) is 3.86. The van der Waals surface area contributed by atoms with E-state index in [1.807, 2.05) is 13.8 Å². The highest BCUT2D eigenvalue weighted by Crippen LogP contribution is 2.13. The minimum absolute atomic E-state index is 0.837. The molecule has 0 amide bonds. The van der Waals surface area contributed by atoms with Gasteiger partial charge in [-0.3, -0.25) is 0 Å². The Morgan fingerprint density at radius 2 is 1.50 bits per heavy atom. The fraction of sp³-hybridized carbons (Fsp3) is 1.00. The fourth-order valence-corrected chi connectivity index (χ4v) is 2.67. The molecular formula is C16H36N2. The quantitative estimate of drug-likeness (QED) is 0.649. The molecule has 2 heterocycles. The summed E-state index contributed by atoms with van der Waals surface area (Å²) in [6.45, 7) is 12.6. The summed E-state index contributed by atoms with van der Waals surface area (Å²) >= 11 is 0. The van der Waals surface area contributed by atoms with Crippen LogP contribution in [0.1, 0.15) is 59.8 Å². The van der Waals surface area contributed by atoms with Crippen LogP contribution in [0.5, 0.6) is 0 Å². The van der Waals surface area contributed by atoms with Crippen molar-refractivity contribution in [2.45, 2.75) is 65.8 Å². The fourth-order valence-electron chi connectivity index (χ4n) is 2.67. The zero-order valence-electron chi connectivity index (χ0n) is 13.7. The molecular weight excluding hydrogens is 220 g/mol. The monoisotopic (exact) mass is 256 g/mol. The smallest absolute Gasteiger partial charge is 0.00638 e. The lowest BCUT2D eigenvalue weighted by Crippen LogP contribution is -2.33. The van der Waals surface area contributed by atoms with E-state index in [1.54, 1.807) is 0 Å². The average Bonchev–Trinajstić information content (AvgIpc) is 2.36. The van der Waals surface area contributed by atoms with Gasteiger partial charge in [0.05, 0.1) is 0 Å². The van der Waals surface area contributed by atoms with Crippen LogP contribution in [0.2, 0.25) is 0 Å². The highest BCUT2D eigenvalue weighted by atomic mass is 15.1. The minimum Gasteiger partial charge on any atom is -0.306 e. The van der Waals surface area contributed by atoms with Gasteiger partial charge in [0.2, 0.25) is 0 Å². The molecule has 2 atom stereocenters. The minimum atomic E-state index is 0.837. The number of hydrogen-bond donors (Lipinski definition) is 0. The Kier molecular flexibility index (Phi) is 10.8. The van der Waals surface area contributed by atoms with Gasteiger partial charge in [0.25, 0.3) is 0 Å². The number of rotatable bonds is 0. The van der Waals surface area contributed by atoms with E-state index in [2.05, 4.69) is 37.7 Å². The molecule has 2 heteroatoms. The van der Waals surface area contributed by atoms with Gasteiger partial charge in [0, 0.05) is 12.6 Å². The van der Waals surface area contributed by atoms with Crippen molar-refractivity contribution in [1.82, 2.24) is 9.80 Å². The maximum absolute atomic E-state index is 2.43. The van der Waals surface area contributed by atoms with Crippen molar-refractivity contribution in [3.8, 4) is 0 Å². The van der Waals surface area contributed by atoms with E-state index in [1.165, 1.54) is 51.7 Å². The van der Waals surface area contributed by atoms with Gasteiger partial charge in [-0.1, -0.05) is 27.2 Å². The van der Waals surface area contributed by atoms with Crippen molar-refractivity contribution in [3.63, 3.8) is 0 Å². The molecule has 0 saturated carbocycles. The van der Waals surface area contributed by atoms with Crippen molar-refractivity contribution in [2.75, 3.05) is 33.7 Å². The molecule has 0 aromatic rings. The van der Waals surface area contributed by atoms with Gasteiger partial charge in [-0.2, -0.15) is 0 Å². The maximum Gasteiger partial charge on any atom is 0.00638 e. The van der Waals surface area contributed by atoms with E-state index in [4.69, 9.17) is 0 Å². The lowest BCUT2D eigenvalue weighted by Gasteiger charge is -2.29. The molecule has 2 unspecified atom stereocenters. The van der Waals surface area contributed by atoms with Crippen LogP contribution in [0.15, 0.2) is 0 Å². The number of piperidine rings is 2. The van der Waals surface area contributed by atoms with E-state index in [0.717, 1.165) is 12.0 Å². The van der Waals surface area contributed by atoms with Gasteiger partial charge < -0.3 is 9.80 Å². The van der Waals surface area contributed by atoms with E-state index >= 15 is 0 Å². The van der Waals surface area contributed by atoms with E-state index in [0.29, 0.717) is 0 Å². The van der Waals surface area contributed by atoms with E-state index < -0.39 is 0 Å². The molecule has 110 valence electrons. The summed E-state index contributed by atoms with van der Waals surface area (Å²) in [4.78, 5) is 4.84. The third-order valence-corrected chi connectivity index (χ3v) is 4.00. The van der Waals surface area contributed by atoms with Crippen LogP contribution in [0.25, 0.3) is 0 Å². The largest absolute Gasteiger partial charge is 0.306 e. The average molecular weight is 256 g/mol. The number of nitrogens with zero attached hydrogens (tertiary/aromatic N) is 2. The summed E-state index contributed by atoms with van der Waals surface area (Å²) < 4.78 is 0. The lowest BCUT2D eigenvalue weighted by atomic mass is 10.0. The Morgan fingerprint density at radius 1 is 0.833 bits per heavy atom. The molecule has 2 nitrogen and oxygen atoms in total. The molecule has 2 saturated heterocycles. The first-order chi connectivity index (χ1) is 8.59. The van der Waals surface area contributed by atoms with Crippen molar-refractivity contribution >= 4 is 0 Å². The number of likely N-dealkylation sites (tertiary alicyclic amines) is 2.